The van der Waals surface area contributed by atoms with Gasteiger partial charge in [-0.1, -0.05) is 19.1 Å². The summed E-state index contributed by atoms with van der Waals surface area (Å²) in [5.74, 6) is -0.107. The topological polar surface area (TPSA) is 104 Å². The Kier molecular flexibility index (Phi) is 9.25. The minimum absolute atomic E-state index is 0.00798. The zero-order valence-corrected chi connectivity index (χ0v) is 23.7. The molecule has 9 nitrogen and oxygen atoms in total. The van der Waals surface area contributed by atoms with Crippen LogP contribution in [0.25, 0.3) is 11.1 Å². The highest BCUT2D eigenvalue weighted by atomic mass is 19.4. The number of fused-ring (bicyclic) bond motifs is 1. The molecule has 2 aromatic carbocycles. The third kappa shape index (κ3) is 6.93. The monoisotopic (exact) mass is 586 g/mol. The van der Waals surface area contributed by atoms with Gasteiger partial charge in [0, 0.05) is 37.0 Å². The minimum Gasteiger partial charge on any atom is -0.497 e. The van der Waals surface area contributed by atoms with Crippen LogP contribution in [0, 0.1) is 5.92 Å². The van der Waals surface area contributed by atoms with Crippen molar-refractivity contribution in [2.45, 2.75) is 32.2 Å². The fourth-order valence-electron chi connectivity index (χ4n) is 4.60. The highest BCUT2D eigenvalue weighted by Crippen LogP contribution is 2.34. The third-order valence-corrected chi connectivity index (χ3v) is 7.19. The Bertz CT molecular complexity index is 1420. The van der Waals surface area contributed by atoms with Crippen LogP contribution in [0.5, 0.6) is 11.6 Å². The van der Waals surface area contributed by atoms with E-state index in [1.54, 1.807) is 45.3 Å². The normalized spacial score (nSPS) is 17.8. The lowest BCUT2D eigenvalue weighted by molar-refractivity contribution is -0.137. The van der Waals surface area contributed by atoms with Crippen LogP contribution < -0.4 is 14.8 Å². The highest BCUT2D eigenvalue weighted by molar-refractivity contribution is 5.98. The van der Waals surface area contributed by atoms with Crippen molar-refractivity contribution in [1.29, 1.82) is 0 Å². The van der Waals surface area contributed by atoms with E-state index in [-0.39, 0.29) is 48.7 Å². The summed E-state index contributed by atoms with van der Waals surface area (Å²) >= 11 is 0. The van der Waals surface area contributed by atoms with Gasteiger partial charge in [0.2, 0.25) is 5.88 Å². The molecule has 3 aromatic rings. The molecule has 1 aliphatic rings. The number of alkyl halides is 3. The molecule has 2 N–H and O–H groups in total. The Balaban J connectivity index is 1.63. The number of pyridine rings is 1. The van der Waals surface area contributed by atoms with Crippen molar-refractivity contribution in [2.75, 3.05) is 39.2 Å². The first-order valence-corrected chi connectivity index (χ1v) is 13.3. The number of ether oxygens (including phenoxy) is 2. The van der Waals surface area contributed by atoms with Crippen LogP contribution in [-0.2, 0) is 6.18 Å². The molecule has 12 heteroatoms. The van der Waals surface area contributed by atoms with Crippen molar-refractivity contribution in [3.63, 3.8) is 0 Å². The van der Waals surface area contributed by atoms with Crippen LogP contribution in [0.4, 0.5) is 23.7 Å². The fraction of sp³-hybridized carbons (Fsp3) is 0.367. The Hall–Kier alpha value is -4.32. The van der Waals surface area contributed by atoms with Crippen LogP contribution in [0.3, 0.4) is 0 Å². The number of hydrogen-bond donors (Lipinski definition) is 2. The van der Waals surface area contributed by atoms with Gasteiger partial charge < -0.3 is 29.7 Å². The van der Waals surface area contributed by atoms with E-state index in [2.05, 4.69) is 10.3 Å². The van der Waals surface area contributed by atoms with Gasteiger partial charge in [-0.2, -0.15) is 13.2 Å². The zero-order valence-electron chi connectivity index (χ0n) is 23.7. The predicted octanol–water partition coefficient (Wildman–Crippen LogP) is 5.16. The summed E-state index contributed by atoms with van der Waals surface area (Å²) < 4.78 is 51.4. The number of benzene rings is 2. The maximum atomic E-state index is 13.7. The Morgan fingerprint density at radius 1 is 1.21 bits per heavy atom. The third-order valence-electron chi connectivity index (χ3n) is 7.19. The number of rotatable bonds is 7. The molecule has 0 radical (unpaired) electrons. The average molecular weight is 587 g/mol. The number of carbonyl (C=O) groups is 2. The summed E-state index contributed by atoms with van der Waals surface area (Å²) in [6, 6.07) is 12.1. The molecular weight excluding hydrogens is 553 g/mol. The number of likely N-dealkylation sites (N-methyl/N-ethyl adjacent to an activating group) is 1. The molecular formula is C30H33F3N4O5. The van der Waals surface area contributed by atoms with E-state index in [1.807, 2.05) is 6.92 Å². The van der Waals surface area contributed by atoms with Crippen LogP contribution in [0.2, 0.25) is 0 Å². The van der Waals surface area contributed by atoms with Gasteiger partial charge >= 0.3 is 12.2 Å². The maximum absolute atomic E-state index is 13.7. The fourth-order valence-corrected chi connectivity index (χ4v) is 4.60. The zero-order chi connectivity index (χ0) is 30.6. The molecule has 4 rings (SSSR count). The lowest BCUT2D eigenvalue weighted by Gasteiger charge is -2.37. The summed E-state index contributed by atoms with van der Waals surface area (Å²) in [7, 11) is 3.16. The van der Waals surface area contributed by atoms with E-state index < -0.39 is 29.8 Å². The van der Waals surface area contributed by atoms with Gasteiger partial charge in [-0.15, -0.1) is 0 Å². The molecule has 2 heterocycles. The van der Waals surface area contributed by atoms with Crippen LogP contribution >= 0.6 is 0 Å². The second-order valence-corrected chi connectivity index (χ2v) is 10.3. The van der Waals surface area contributed by atoms with Gasteiger partial charge in [-0.25, -0.2) is 9.78 Å². The summed E-state index contributed by atoms with van der Waals surface area (Å²) in [6.45, 7) is 3.60. The standard InChI is InChI=1S/C30H33F3N4O5/c1-18-15-37(19(2)17-38)28(39)25-13-21(20-6-5-7-22(12-20)30(31,32)33)14-34-27(25)42-26(18)16-36(3)29(40)35-23-8-10-24(41-4)11-9-23/h5-14,18-19,26,38H,15-17H2,1-4H3,(H,35,40)/t18-,19+,26-/m0/s1. The van der Waals surface area contributed by atoms with Crippen molar-refractivity contribution < 1.29 is 37.3 Å². The molecule has 0 unspecified atom stereocenters. The molecule has 3 atom stereocenters. The number of carbonyl (C=O) groups excluding carboxylic acids is 2. The number of nitrogens with one attached hydrogen (secondary N) is 1. The van der Waals surface area contributed by atoms with E-state index in [0.29, 0.717) is 17.0 Å². The lowest BCUT2D eigenvalue weighted by Crippen LogP contribution is -2.50. The van der Waals surface area contributed by atoms with Gasteiger partial charge in [-0.3, -0.25) is 4.79 Å². The van der Waals surface area contributed by atoms with Crippen molar-refractivity contribution in [3.05, 3.63) is 71.9 Å². The van der Waals surface area contributed by atoms with Crippen LogP contribution in [-0.4, -0.2) is 77.8 Å². The first kappa shape index (κ1) is 30.6. The van der Waals surface area contributed by atoms with Gasteiger partial charge in [-0.05, 0) is 55.0 Å². The molecule has 42 heavy (non-hydrogen) atoms. The Morgan fingerprint density at radius 3 is 2.57 bits per heavy atom. The number of urea groups is 1. The van der Waals surface area contributed by atoms with Gasteiger partial charge in [0.25, 0.3) is 5.91 Å². The lowest BCUT2D eigenvalue weighted by atomic mass is 9.98. The number of aliphatic hydroxyl groups excluding tert-OH is 1. The van der Waals surface area contributed by atoms with Crippen molar-refractivity contribution >= 4 is 17.6 Å². The number of methoxy groups -OCH3 is 1. The first-order valence-electron chi connectivity index (χ1n) is 13.3. The molecule has 0 saturated heterocycles. The van der Waals surface area contributed by atoms with Crippen LogP contribution in [0.1, 0.15) is 29.8 Å². The number of hydrogen-bond acceptors (Lipinski definition) is 6. The van der Waals surface area contributed by atoms with E-state index in [4.69, 9.17) is 9.47 Å². The quantitative estimate of drug-likeness (QED) is 0.397. The molecule has 224 valence electrons. The number of aromatic nitrogens is 1. The van der Waals surface area contributed by atoms with E-state index in [1.165, 1.54) is 34.2 Å². The summed E-state index contributed by atoms with van der Waals surface area (Å²) in [5.41, 5.74) is 0.329. The highest BCUT2D eigenvalue weighted by Gasteiger charge is 2.35. The SMILES string of the molecule is COc1ccc(NC(=O)N(C)C[C@@H]2Oc3ncc(-c4cccc(C(F)(F)F)c4)cc3C(=O)N([C@H](C)CO)C[C@@H]2C)cc1. The largest absolute Gasteiger partial charge is 0.497 e. The number of halogens is 3. The molecule has 0 bridgehead atoms. The van der Waals surface area contributed by atoms with E-state index >= 15 is 0 Å². The number of aliphatic hydroxyl groups is 1. The van der Waals surface area contributed by atoms with Gasteiger partial charge in [0.15, 0.2) is 0 Å². The molecule has 0 fully saturated rings. The Labute approximate surface area is 241 Å². The second kappa shape index (κ2) is 12.7. The summed E-state index contributed by atoms with van der Waals surface area (Å²) in [5, 5.41) is 12.7. The molecule has 0 aliphatic carbocycles. The molecule has 1 aromatic heterocycles. The number of amides is 3. The van der Waals surface area contributed by atoms with Crippen molar-refractivity contribution in [2.24, 2.45) is 5.92 Å². The van der Waals surface area contributed by atoms with Crippen LogP contribution in [0.15, 0.2) is 60.8 Å². The molecule has 0 saturated carbocycles. The van der Waals surface area contributed by atoms with Gasteiger partial charge in [0.1, 0.15) is 17.4 Å². The smallest absolute Gasteiger partial charge is 0.416 e. The molecule has 1 aliphatic heterocycles. The first-order chi connectivity index (χ1) is 19.9. The summed E-state index contributed by atoms with van der Waals surface area (Å²) in [4.78, 5) is 33.9. The predicted molar refractivity (Wildman–Crippen MR) is 150 cm³/mol. The van der Waals surface area contributed by atoms with Gasteiger partial charge in [0.05, 0.1) is 31.9 Å². The molecule has 3 amide bonds. The van der Waals surface area contributed by atoms with E-state index in [9.17, 15) is 27.9 Å². The van der Waals surface area contributed by atoms with Crippen molar-refractivity contribution in [1.82, 2.24) is 14.8 Å². The maximum Gasteiger partial charge on any atom is 0.416 e. The minimum atomic E-state index is -4.53. The molecule has 0 spiro atoms. The average Bonchev–Trinajstić information content (AvgIpc) is 2.98. The Morgan fingerprint density at radius 2 is 1.93 bits per heavy atom. The van der Waals surface area contributed by atoms with E-state index in [0.717, 1.165) is 12.1 Å². The van der Waals surface area contributed by atoms with Crippen molar-refractivity contribution in [3.8, 4) is 22.8 Å². The number of anilines is 1. The second-order valence-electron chi connectivity index (χ2n) is 10.3. The summed E-state index contributed by atoms with van der Waals surface area (Å²) in [6.07, 6.45) is -3.79. The number of nitrogens with zero attached hydrogens (tertiary/aromatic N) is 3.